The van der Waals surface area contributed by atoms with E-state index < -0.39 is 34.5 Å². The standard InChI is InChI=1S/C36H22F6N2OS8/c1-15-31(35(37,38)39)43-33(46-15)24-8-6-20(49-24)18-2-4-22(47-18)28-12-16-10-27-17(11-26(16)51-28)13-29(52-27)23-5-3-19(48-23)21-7-9-25(50-21)34-44-32(36(40,41)42)30(14-45)53-34/h2-5,7-14,20,33-34,43-44H,6H2,1H3. The van der Waals surface area contributed by atoms with E-state index in [9.17, 15) is 31.1 Å². The summed E-state index contributed by atoms with van der Waals surface area (Å²) in [6.45, 7) is 1.52. The number of halogens is 6. The predicted molar refractivity (Wildman–Crippen MR) is 216 cm³/mol. The summed E-state index contributed by atoms with van der Waals surface area (Å²) in [5.74, 6) is 0. The van der Waals surface area contributed by atoms with Gasteiger partial charge in [-0.15, -0.1) is 68.4 Å². The molecule has 6 aromatic rings. The number of benzene rings is 1. The molecule has 0 bridgehead atoms. The monoisotopic (exact) mass is 868 g/mol. The zero-order valence-corrected chi connectivity index (χ0v) is 33.3. The number of thioether (sulfide) groups is 3. The fourth-order valence-electron chi connectivity index (χ4n) is 6.29. The van der Waals surface area contributed by atoms with Gasteiger partial charge in [0.25, 0.3) is 0 Å². The van der Waals surface area contributed by atoms with Gasteiger partial charge in [-0.05, 0) is 84.8 Å². The second-order valence-corrected chi connectivity index (χ2v) is 21.5. The summed E-state index contributed by atoms with van der Waals surface area (Å²) in [6, 6.07) is 21.0. The second kappa shape index (κ2) is 13.5. The van der Waals surface area contributed by atoms with Gasteiger partial charge in [0, 0.05) is 63.5 Å². The van der Waals surface area contributed by atoms with E-state index in [2.05, 4.69) is 59.2 Å². The van der Waals surface area contributed by atoms with Gasteiger partial charge in [0.2, 0.25) is 0 Å². The molecule has 0 fully saturated rings. The summed E-state index contributed by atoms with van der Waals surface area (Å²) in [4.78, 5) is 20.7. The van der Waals surface area contributed by atoms with E-state index >= 15 is 0 Å². The lowest BCUT2D eigenvalue weighted by Crippen LogP contribution is -2.29. The summed E-state index contributed by atoms with van der Waals surface area (Å²) in [6.07, 6.45) is -5.87. The lowest BCUT2D eigenvalue weighted by molar-refractivity contribution is -0.107. The molecular weight excluding hydrogens is 847 g/mol. The SMILES string of the molecule is CC1=C(C(F)(F)F)NC(C2=CCC(c3ccc(-c4cc5cc6sc(-c7ccc(-c8ccc(C9NC(C(F)(F)F)=C(C=O)S9)s8)s7)cc6cc5s4)s3)S2)S1. The third kappa shape index (κ3) is 6.83. The maximum Gasteiger partial charge on any atom is 0.432 e. The molecule has 0 spiro atoms. The zero-order chi connectivity index (χ0) is 36.8. The van der Waals surface area contributed by atoms with Crippen molar-refractivity contribution in [1.29, 1.82) is 0 Å². The first-order valence-electron chi connectivity index (χ1n) is 15.9. The molecule has 1 aromatic carbocycles. The van der Waals surface area contributed by atoms with Gasteiger partial charge in [-0.2, -0.15) is 26.3 Å². The molecule has 3 aliphatic rings. The van der Waals surface area contributed by atoms with Gasteiger partial charge in [0.05, 0.1) is 4.91 Å². The number of aldehydes is 1. The van der Waals surface area contributed by atoms with Gasteiger partial charge in [0.1, 0.15) is 22.1 Å². The van der Waals surface area contributed by atoms with Crippen LogP contribution >= 0.6 is 92.0 Å². The van der Waals surface area contributed by atoms with Gasteiger partial charge in [0.15, 0.2) is 6.29 Å². The van der Waals surface area contributed by atoms with E-state index in [0.29, 0.717) is 0 Å². The number of carbonyl (C=O) groups excluding carboxylic acids is 1. The Bertz CT molecular complexity index is 2470. The number of rotatable bonds is 7. The van der Waals surface area contributed by atoms with Crippen molar-refractivity contribution in [3.8, 4) is 29.3 Å². The molecule has 3 aliphatic heterocycles. The van der Waals surface area contributed by atoms with Crippen LogP contribution in [0.4, 0.5) is 26.3 Å². The Kier molecular flexibility index (Phi) is 9.20. The van der Waals surface area contributed by atoms with Crippen molar-refractivity contribution in [1.82, 2.24) is 10.6 Å². The zero-order valence-electron chi connectivity index (χ0n) is 26.8. The molecule has 3 nitrogen and oxygen atoms in total. The van der Waals surface area contributed by atoms with Crippen LogP contribution in [0.15, 0.2) is 92.8 Å². The Hall–Kier alpha value is -2.64. The molecule has 53 heavy (non-hydrogen) atoms. The highest BCUT2D eigenvalue weighted by Crippen LogP contribution is 2.53. The predicted octanol–water partition coefficient (Wildman–Crippen LogP) is 14.1. The molecule has 0 aliphatic carbocycles. The van der Waals surface area contributed by atoms with E-state index in [1.165, 1.54) is 59.4 Å². The van der Waals surface area contributed by atoms with Crippen molar-refractivity contribution < 1.29 is 31.1 Å². The molecule has 9 rings (SSSR count). The maximum atomic E-state index is 13.4. The number of nitrogens with one attached hydrogen (secondary N) is 2. The van der Waals surface area contributed by atoms with Crippen molar-refractivity contribution in [2.24, 2.45) is 0 Å². The first-order chi connectivity index (χ1) is 25.3. The molecule has 0 saturated heterocycles. The number of hydrogen-bond acceptors (Lipinski definition) is 11. The Morgan fingerprint density at radius 3 is 1.77 bits per heavy atom. The molecule has 5 aromatic heterocycles. The summed E-state index contributed by atoms with van der Waals surface area (Å²) >= 11 is 12.0. The summed E-state index contributed by atoms with van der Waals surface area (Å²) in [5.41, 5.74) is -1.62. The highest BCUT2D eigenvalue weighted by molar-refractivity contribution is 8.08. The number of allylic oxidation sites excluding steroid dienone is 5. The molecule has 8 heterocycles. The highest BCUT2D eigenvalue weighted by atomic mass is 32.2. The smallest absolute Gasteiger partial charge is 0.364 e. The van der Waals surface area contributed by atoms with Crippen LogP contribution in [-0.2, 0) is 4.79 Å². The quantitative estimate of drug-likeness (QED) is 0.123. The topological polar surface area (TPSA) is 41.1 Å². The van der Waals surface area contributed by atoms with Crippen LogP contribution in [0.1, 0.15) is 33.7 Å². The van der Waals surface area contributed by atoms with Crippen molar-refractivity contribution in [2.45, 2.75) is 41.7 Å². The molecule has 0 saturated carbocycles. The fraction of sp³-hybridized carbons (Fsp3) is 0.194. The number of carbonyl (C=O) groups is 1. The third-order valence-electron chi connectivity index (χ3n) is 8.75. The second-order valence-electron chi connectivity index (χ2n) is 12.2. The summed E-state index contributed by atoms with van der Waals surface area (Å²) in [5, 5.41) is 6.62. The molecule has 2 N–H and O–H groups in total. The van der Waals surface area contributed by atoms with E-state index in [4.69, 9.17) is 0 Å². The lowest BCUT2D eigenvalue weighted by atomic mass is 10.2. The van der Waals surface area contributed by atoms with Crippen LogP contribution in [0.25, 0.3) is 49.4 Å². The molecule has 3 unspecified atom stereocenters. The number of hydrogen-bond donors (Lipinski definition) is 2. The van der Waals surface area contributed by atoms with Gasteiger partial charge >= 0.3 is 12.4 Å². The van der Waals surface area contributed by atoms with E-state index in [1.54, 1.807) is 57.1 Å². The lowest BCUT2D eigenvalue weighted by Gasteiger charge is -2.16. The first kappa shape index (κ1) is 36.0. The number of fused-ring (bicyclic) bond motifs is 2. The van der Waals surface area contributed by atoms with Gasteiger partial charge in [-0.3, -0.25) is 4.79 Å². The average Bonchev–Trinajstić information content (AvgIpc) is 3.94. The Morgan fingerprint density at radius 1 is 0.623 bits per heavy atom. The molecule has 0 amide bonds. The van der Waals surface area contributed by atoms with E-state index in [0.717, 1.165) is 52.9 Å². The van der Waals surface area contributed by atoms with Crippen LogP contribution in [-0.4, -0.2) is 24.0 Å². The number of thiophene rings is 5. The molecule has 17 heteroatoms. The minimum Gasteiger partial charge on any atom is -0.364 e. The minimum absolute atomic E-state index is 0.183. The minimum atomic E-state index is -4.61. The normalized spacial score (nSPS) is 21.0. The highest BCUT2D eigenvalue weighted by Gasteiger charge is 2.44. The maximum absolute atomic E-state index is 13.4. The fourth-order valence-corrected chi connectivity index (χ4v) is 15.7. The summed E-state index contributed by atoms with van der Waals surface area (Å²) in [7, 11) is 0. The molecule has 272 valence electrons. The third-order valence-corrected chi connectivity index (χ3v) is 19.1. The van der Waals surface area contributed by atoms with Crippen molar-refractivity contribution in [3.05, 3.63) is 103 Å². The largest absolute Gasteiger partial charge is 0.432 e. The van der Waals surface area contributed by atoms with Crippen LogP contribution < -0.4 is 10.6 Å². The van der Waals surface area contributed by atoms with Crippen LogP contribution in [0, 0.1) is 0 Å². The number of alkyl halides is 6. The van der Waals surface area contributed by atoms with Gasteiger partial charge in [-0.1, -0.05) is 29.6 Å². The summed E-state index contributed by atoms with van der Waals surface area (Å²) < 4.78 is 82.6. The molecule has 3 atom stereocenters. The van der Waals surface area contributed by atoms with Crippen LogP contribution in [0.3, 0.4) is 0 Å². The average molecular weight is 869 g/mol. The van der Waals surface area contributed by atoms with E-state index in [1.807, 2.05) is 18.2 Å². The van der Waals surface area contributed by atoms with Crippen molar-refractivity contribution >= 4 is 118 Å². The Labute approximate surface area is 331 Å². The first-order valence-corrected chi connectivity index (χ1v) is 22.6. The van der Waals surface area contributed by atoms with Gasteiger partial charge in [-0.25, -0.2) is 0 Å². The molecular formula is C36H22F6N2OS8. The van der Waals surface area contributed by atoms with Crippen LogP contribution in [0.5, 0.6) is 0 Å². The Morgan fingerprint density at radius 2 is 1.17 bits per heavy atom. The molecule has 0 radical (unpaired) electrons. The van der Waals surface area contributed by atoms with E-state index in [-0.39, 0.29) is 21.3 Å². The Balaban J connectivity index is 0.878. The van der Waals surface area contributed by atoms with Crippen LogP contribution in [0.2, 0.25) is 0 Å². The van der Waals surface area contributed by atoms with Crippen molar-refractivity contribution in [3.63, 3.8) is 0 Å². The van der Waals surface area contributed by atoms with Gasteiger partial charge < -0.3 is 10.6 Å². The van der Waals surface area contributed by atoms with Crippen molar-refractivity contribution in [2.75, 3.05) is 0 Å².